The second-order valence-corrected chi connectivity index (χ2v) is 10.6. The van der Waals surface area contributed by atoms with Crippen molar-refractivity contribution >= 4 is 22.2 Å². The van der Waals surface area contributed by atoms with Crippen molar-refractivity contribution in [3.05, 3.63) is 95.5 Å². The van der Waals surface area contributed by atoms with Gasteiger partial charge in [0.1, 0.15) is 17.8 Å². The molecule has 3 aromatic carbocycles. The van der Waals surface area contributed by atoms with Crippen molar-refractivity contribution in [1.82, 2.24) is 19.6 Å². The van der Waals surface area contributed by atoms with Crippen molar-refractivity contribution in [3.63, 3.8) is 0 Å². The molecule has 7 heteroatoms. The number of aromatic nitrogens is 4. The number of aromatic hydroxyl groups is 1. The molecule has 1 aliphatic carbocycles. The van der Waals surface area contributed by atoms with Gasteiger partial charge in [0, 0.05) is 24.3 Å². The highest BCUT2D eigenvalue weighted by Crippen LogP contribution is 2.50. The van der Waals surface area contributed by atoms with Gasteiger partial charge in [-0.05, 0) is 33.9 Å². The summed E-state index contributed by atoms with van der Waals surface area (Å²) in [7, 11) is 0. The maximum atomic E-state index is 13.5. The summed E-state index contributed by atoms with van der Waals surface area (Å²) >= 11 is 0. The van der Waals surface area contributed by atoms with E-state index in [9.17, 15) is 9.90 Å². The van der Waals surface area contributed by atoms with E-state index in [2.05, 4.69) is 23.9 Å². The van der Waals surface area contributed by atoms with Crippen LogP contribution in [-0.2, 0) is 4.79 Å². The van der Waals surface area contributed by atoms with Crippen LogP contribution in [-0.4, -0.2) is 30.5 Å². The van der Waals surface area contributed by atoms with Crippen LogP contribution in [0.3, 0.4) is 0 Å². The fourth-order valence-electron chi connectivity index (χ4n) is 5.65. The second kappa shape index (κ2) is 7.74. The van der Waals surface area contributed by atoms with Gasteiger partial charge in [0.05, 0.1) is 11.1 Å². The van der Waals surface area contributed by atoms with Crippen LogP contribution in [0, 0.1) is 5.41 Å². The zero-order valence-corrected chi connectivity index (χ0v) is 20.5. The van der Waals surface area contributed by atoms with Crippen molar-refractivity contribution in [2.75, 3.05) is 0 Å². The molecular formula is C30H24N4O3. The number of hydrogen-bond acceptors (Lipinski definition) is 6. The van der Waals surface area contributed by atoms with Crippen molar-refractivity contribution in [2.45, 2.75) is 32.6 Å². The minimum atomic E-state index is -0.373. The van der Waals surface area contributed by atoms with Crippen LogP contribution >= 0.6 is 0 Å². The Morgan fingerprint density at radius 3 is 2.51 bits per heavy atom. The number of phenols is 1. The summed E-state index contributed by atoms with van der Waals surface area (Å²) in [4.78, 5) is 23.0. The molecule has 0 bridgehead atoms. The quantitative estimate of drug-likeness (QED) is 0.337. The number of carbonyl (C=O) groups is 1. The molecule has 5 aromatic rings. The van der Waals surface area contributed by atoms with E-state index in [4.69, 9.17) is 9.72 Å². The molecule has 0 spiro atoms. The van der Waals surface area contributed by atoms with E-state index >= 15 is 0 Å². The minimum absolute atomic E-state index is 0.0830. The normalized spacial score (nSPS) is 18.5. The van der Waals surface area contributed by atoms with Gasteiger partial charge in [-0.3, -0.25) is 4.79 Å². The third kappa shape index (κ3) is 3.42. The summed E-state index contributed by atoms with van der Waals surface area (Å²) in [6.45, 7) is 4.17. The lowest BCUT2D eigenvalue weighted by atomic mass is 9.70. The number of carbonyl (C=O) groups excluding carboxylic acids is 1. The predicted octanol–water partition coefficient (Wildman–Crippen LogP) is 5.82. The molecule has 7 nitrogen and oxygen atoms in total. The maximum Gasteiger partial charge on any atom is 0.228 e. The first-order chi connectivity index (χ1) is 17.9. The van der Waals surface area contributed by atoms with Crippen LogP contribution in [0.15, 0.2) is 84.4 Å². The van der Waals surface area contributed by atoms with E-state index in [1.54, 1.807) is 16.9 Å². The Hall–Kier alpha value is -4.52. The van der Waals surface area contributed by atoms with Gasteiger partial charge < -0.3 is 9.84 Å². The third-order valence-corrected chi connectivity index (χ3v) is 7.30. The third-order valence-electron chi connectivity index (χ3n) is 7.30. The Labute approximate surface area is 213 Å². The standard InChI is InChI=1S/C30H24N4O3/c1-30(2)14-22(36)25-23(15-30)37-29-26(24(25)17-8-4-3-5-9-17)28-32-27(33-34(28)16-31-29)20-12-18-10-6-7-11-19(18)13-21(20)35/h3-13,16,24,35H,14-15H2,1-2H3/t24-/m1/s1. The zero-order chi connectivity index (χ0) is 25.3. The van der Waals surface area contributed by atoms with Crippen LogP contribution in [0.4, 0.5) is 0 Å². The van der Waals surface area contributed by atoms with Gasteiger partial charge in [0.15, 0.2) is 17.3 Å². The zero-order valence-electron chi connectivity index (χ0n) is 20.5. The fraction of sp³-hybridized carbons (Fsp3) is 0.200. The molecule has 182 valence electrons. The van der Waals surface area contributed by atoms with Gasteiger partial charge in [-0.15, -0.1) is 5.10 Å². The molecule has 0 saturated heterocycles. The van der Waals surface area contributed by atoms with Crippen LogP contribution in [0.2, 0.25) is 0 Å². The van der Waals surface area contributed by atoms with Crippen LogP contribution in [0.1, 0.15) is 43.7 Å². The molecule has 7 rings (SSSR count). The number of ketones is 1. The van der Waals surface area contributed by atoms with E-state index in [1.165, 1.54) is 0 Å². The number of phenolic OH excluding ortho intramolecular Hbond substituents is 1. The summed E-state index contributed by atoms with van der Waals surface area (Å²) in [5, 5.41) is 17.4. The largest absolute Gasteiger partial charge is 0.507 e. The Bertz CT molecular complexity index is 1770. The summed E-state index contributed by atoms with van der Waals surface area (Å²) in [5.41, 5.74) is 3.24. The molecule has 3 heterocycles. The van der Waals surface area contributed by atoms with Gasteiger partial charge in [0.25, 0.3) is 0 Å². The van der Waals surface area contributed by atoms with E-state index in [1.807, 2.05) is 60.7 Å². The van der Waals surface area contributed by atoms with E-state index in [0.717, 1.165) is 16.3 Å². The smallest absolute Gasteiger partial charge is 0.228 e. The number of allylic oxidation sites excluding steroid dienone is 2. The lowest BCUT2D eigenvalue weighted by Gasteiger charge is -2.37. The summed E-state index contributed by atoms with van der Waals surface area (Å²) in [6, 6.07) is 21.4. The second-order valence-electron chi connectivity index (χ2n) is 10.6. The number of rotatable bonds is 2. The highest BCUT2D eigenvalue weighted by molar-refractivity contribution is 6.00. The topological polar surface area (TPSA) is 89.6 Å². The average Bonchev–Trinajstić information content (AvgIpc) is 3.31. The Morgan fingerprint density at radius 2 is 1.73 bits per heavy atom. The summed E-state index contributed by atoms with van der Waals surface area (Å²) < 4.78 is 7.92. The molecule has 37 heavy (non-hydrogen) atoms. The van der Waals surface area contributed by atoms with Crippen molar-refractivity contribution in [1.29, 1.82) is 0 Å². The van der Waals surface area contributed by atoms with E-state index in [0.29, 0.717) is 52.7 Å². The van der Waals surface area contributed by atoms with Crippen molar-refractivity contribution in [2.24, 2.45) is 5.41 Å². The number of benzene rings is 3. The number of nitrogens with zero attached hydrogens (tertiary/aromatic N) is 4. The van der Waals surface area contributed by atoms with Gasteiger partial charge in [-0.1, -0.05) is 68.4 Å². The molecule has 0 radical (unpaired) electrons. The van der Waals surface area contributed by atoms with Crippen LogP contribution in [0.25, 0.3) is 27.8 Å². The van der Waals surface area contributed by atoms with Crippen molar-refractivity contribution < 1.29 is 14.6 Å². The first-order valence-corrected chi connectivity index (χ1v) is 12.3. The minimum Gasteiger partial charge on any atom is -0.507 e. The molecule has 0 fully saturated rings. The molecular weight excluding hydrogens is 464 g/mol. The van der Waals surface area contributed by atoms with Gasteiger partial charge in [0.2, 0.25) is 5.88 Å². The molecule has 0 unspecified atom stereocenters. The number of fused-ring (bicyclic) bond motifs is 4. The first kappa shape index (κ1) is 21.7. The van der Waals surface area contributed by atoms with E-state index < -0.39 is 0 Å². The lowest BCUT2D eigenvalue weighted by Crippen LogP contribution is -2.33. The molecule has 0 amide bonds. The molecule has 1 atom stereocenters. The number of Topliss-reactive ketones (excluding diaryl/α,β-unsaturated/α-hetero) is 1. The first-order valence-electron chi connectivity index (χ1n) is 12.3. The molecule has 2 aromatic heterocycles. The number of hydrogen-bond donors (Lipinski definition) is 1. The molecule has 2 aliphatic rings. The average molecular weight is 489 g/mol. The SMILES string of the molecule is CC1(C)CC(=O)C2=C(C1)Oc1ncn3nc(-c4cc5ccccc5cc4O)nc3c1[C@@H]2c1ccccc1. The van der Waals surface area contributed by atoms with Gasteiger partial charge in [-0.2, -0.15) is 0 Å². The summed E-state index contributed by atoms with van der Waals surface area (Å²) in [6.07, 6.45) is 2.69. The predicted molar refractivity (Wildman–Crippen MR) is 139 cm³/mol. The fourth-order valence-corrected chi connectivity index (χ4v) is 5.65. The highest BCUT2D eigenvalue weighted by Gasteiger charge is 2.44. The van der Waals surface area contributed by atoms with Crippen LogP contribution in [0.5, 0.6) is 11.6 Å². The highest BCUT2D eigenvalue weighted by atomic mass is 16.5. The van der Waals surface area contributed by atoms with Crippen molar-refractivity contribution in [3.8, 4) is 23.0 Å². The Morgan fingerprint density at radius 1 is 1.00 bits per heavy atom. The molecule has 1 aliphatic heterocycles. The number of ether oxygens (including phenoxy) is 1. The summed E-state index contributed by atoms with van der Waals surface area (Å²) in [5.74, 6) is 1.31. The maximum absolute atomic E-state index is 13.5. The lowest BCUT2D eigenvalue weighted by molar-refractivity contribution is -0.118. The van der Waals surface area contributed by atoms with Crippen LogP contribution < -0.4 is 4.74 Å². The van der Waals surface area contributed by atoms with Gasteiger partial charge in [-0.25, -0.2) is 14.5 Å². The Kier molecular flexibility index (Phi) is 4.55. The van der Waals surface area contributed by atoms with E-state index in [-0.39, 0.29) is 22.9 Å². The molecule has 0 saturated carbocycles. The monoisotopic (exact) mass is 488 g/mol. The Balaban J connectivity index is 1.46. The van der Waals surface area contributed by atoms with Gasteiger partial charge >= 0.3 is 0 Å². The molecule has 1 N–H and O–H groups in total.